The van der Waals surface area contributed by atoms with E-state index in [4.69, 9.17) is 0 Å². The number of rotatable bonds is 2. The fraction of sp³-hybridized carbons (Fsp3) is 0.452. The summed E-state index contributed by atoms with van der Waals surface area (Å²) in [4.78, 5) is 0. The molecule has 4 fully saturated rings. The normalized spacial score (nSPS) is 26.7. The van der Waals surface area contributed by atoms with E-state index in [1.807, 2.05) is 6.07 Å². The van der Waals surface area contributed by atoms with Crippen LogP contribution < -0.4 is 24.8 Å². The SMILES string of the molecule is Cc1cc(CC23CC4CC(CC(C4)C2)C3)c(C)[cH-]1.[Cl-].[Cl-].[Zr+4].[c-]1cccc2c1Cc1ccccc1-2. The number of halogens is 2. The molecule has 0 heterocycles. The molecule has 0 aliphatic heterocycles. The average molecular weight is 569 g/mol. The van der Waals surface area contributed by atoms with Crippen LogP contribution in [0, 0.1) is 43.1 Å². The zero-order valence-electron chi connectivity index (χ0n) is 20.3. The Hall–Kier alpha value is -0.747. The predicted molar refractivity (Wildman–Crippen MR) is 129 cm³/mol. The third kappa shape index (κ3) is 5.33. The number of aryl methyl sites for hydroxylation is 2. The topological polar surface area (TPSA) is 0 Å². The fourth-order valence-corrected chi connectivity index (χ4v) is 7.96. The third-order valence-corrected chi connectivity index (χ3v) is 8.70. The maximum Gasteiger partial charge on any atom is 4.00 e. The van der Waals surface area contributed by atoms with Crippen molar-refractivity contribution in [2.75, 3.05) is 0 Å². The van der Waals surface area contributed by atoms with E-state index in [-0.39, 0.29) is 51.0 Å². The summed E-state index contributed by atoms with van der Waals surface area (Å²) in [7, 11) is 0. The zero-order valence-corrected chi connectivity index (χ0v) is 24.3. The molecule has 34 heavy (non-hydrogen) atoms. The molecule has 3 heteroatoms. The van der Waals surface area contributed by atoms with Gasteiger partial charge in [0.15, 0.2) is 0 Å². The first-order valence-electron chi connectivity index (χ1n) is 12.4. The maximum absolute atomic E-state index is 3.30. The molecule has 5 aliphatic carbocycles. The van der Waals surface area contributed by atoms with Crippen LogP contribution in [-0.4, -0.2) is 0 Å². The molecule has 8 rings (SSSR count). The van der Waals surface area contributed by atoms with E-state index in [0.717, 1.165) is 24.2 Å². The summed E-state index contributed by atoms with van der Waals surface area (Å²) in [6, 6.07) is 22.9. The first-order valence-corrected chi connectivity index (χ1v) is 12.4. The molecule has 0 radical (unpaired) electrons. The summed E-state index contributed by atoms with van der Waals surface area (Å²) < 4.78 is 0. The number of benzene rings is 2. The van der Waals surface area contributed by atoms with Crippen molar-refractivity contribution < 1.29 is 51.0 Å². The van der Waals surface area contributed by atoms with Crippen molar-refractivity contribution in [3.8, 4) is 11.1 Å². The minimum absolute atomic E-state index is 0. The van der Waals surface area contributed by atoms with Gasteiger partial charge in [-0.3, -0.25) is 0 Å². The van der Waals surface area contributed by atoms with Gasteiger partial charge in [0.1, 0.15) is 0 Å². The van der Waals surface area contributed by atoms with E-state index >= 15 is 0 Å². The Balaban J connectivity index is 0.000000182. The van der Waals surface area contributed by atoms with E-state index in [2.05, 4.69) is 68.4 Å². The van der Waals surface area contributed by atoms with Crippen LogP contribution in [0.15, 0.2) is 54.6 Å². The second-order valence-corrected chi connectivity index (χ2v) is 11.2. The zero-order chi connectivity index (χ0) is 21.0. The van der Waals surface area contributed by atoms with Crippen LogP contribution in [0.25, 0.3) is 11.1 Å². The Morgan fingerprint density at radius 2 is 1.50 bits per heavy atom. The molecule has 3 aromatic carbocycles. The van der Waals surface area contributed by atoms with Gasteiger partial charge in [-0.2, -0.15) is 52.6 Å². The smallest absolute Gasteiger partial charge is 1.00 e. The minimum Gasteiger partial charge on any atom is -1.00 e. The van der Waals surface area contributed by atoms with Gasteiger partial charge in [-0.1, -0.05) is 55.7 Å². The molecular weight excluding hydrogens is 534 g/mol. The molecule has 3 aromatic rings. The molecule has 0 aromatic heterocycles. The molecule has 0 spiro atoms. The Morgan fingerprint density at radius 3 is 2.12 bits per heavy atom. The minimum atomic E-state index is 0. The quantitative estimate of drug-likeness (QED) is 0.324. The van der Waals surface area contributed by atoms with Crippen molar-refractivity contribution in [2.24, 2.45) is 23.2 Å². The third-order valence-electron chi connectivity index (χ3n) is 8.70. The molecular formula is C31H34Cl2Zr. The monoisotopic (exact) mass is 566 g/mol. The largest absolute Gasteiger partial charge is 4.00 e. The van der Waals surface area contributed by atoms with Crippen molar-refractivity contribution in [1.82, 2.24) is 0 Å². The Bertz CT molecular complexity index is 1030. The molecule has 4 saturated carbocycles. The summed E-state index contributed by atoms with van der Waals surface area (Å²) in [6.07, 6.45) is 11.8. The van der Waals surface area contributed by atoms with Gasteiger partial charge in [0.05, 0.1) is 0 Å². The molecule has 0 unspecified atom stereocenters. The van der Waals surface area contributed by atoms with Crippen molar-refractivity contribution in [3.05, 3.63) is 88.5 Å². The molecule has 5 aliphatic rings. The number of hydrogen-bond acceptors (Lipinski definition) is 0. The van der Waals surface area contributed by atoms with Crippen LogP contribution in [0.5, 0.6) is 0 Å². The van der Waals surface area contributed by atoms with Gasteiger partial charge in [-0.25, -0.2) is 6.07 Å². The van der Waals surface area contributed by atoms with E-state index in [0.29, 0.717) is 5.41 Å². The van der Waals surface area contributed by atoms with Gasteiger partial charge < -0.3 is 24.8 Å². The molecule has 0 atom stereocenters. The van der Waals surface area contributed by atoms with E-state index in [1.165, 1.54) is 34.2 Å². The first kappa shape index (κ1) is 27.8. The van der Waals surface area contributed by atoms with E-state index in [9.17, 15) is 0 Å². The van der Waals surface area contributed by atoms with Gasteiger partial charge >= 0.3 is 26.2 Å². The number of hydrogen-bond donors (Lipinski definition) is 0. The summed E-state index contributed by atoms with van der Waals surface area (Å²) in [5, 5.41) is 0. The van der Waals surface area contributed by atoms with Gasteiger partial charge in [-0.05, 0) is 68.1 Å². The molecule has 4 bridgehead atoms. The summed E-state index contributed by atoms with van der Waals surface area (Å²) >= 11 is 0. The van der Waals surface area contributed by atoms with Crippen molar-refractivity contribution in [2.45, 2.75) is 65.2 Å². The van der Waals surface area contributed by atoms with Gasteiger partial charge in [0.2, 0.25) is 0 Å². The van der Waals surface area contributed by atoms with Crippen LogP contribution in [-0.2, 0) is 39.0 Å². The summed E-state index contributed by atoms with van der Waals surface area (Å²) in [5.74, 6) is 3.27. The Labute approximate surface area is 237 Å². The average Bonchev–Trinajstić information content (AvgIpc) is 3.26. The molecule has 176 valence electrons. The van der Waals surface area contributed by atoms with Crippen LogP contribution in [0.4, 0.5) is 0 Å². The molecule has 0 amide bonds. The van der Waals surface area contributed by atoms with E-state index < -0.39 is 0 Å². The maximum atomic E-state index is 3.30. The second-order valence-electron chi connectivity index (χ2n) is 11.2. The Kier molecular flexibility index (Phi) is 9.09. The van der Waals surface area contributed by atoms with Crippen LogP contribution >= 0.6 is 0 Å². The van der Waals surface area contributed by atoms with Crippen molar-refractivity contribution in [3.63, 3.8) is 0 Å². The van der Waals surface area contributed by atoms with Gasteiger partial charge in [0, 0.05) is 0 Å². The predicted octanol–water partition coefficient (Wildman–Crippen LogP) is 1.84. The molecule has 0 N–H and O–H groups in total. The molecule has 0 saturated heterocycles. The summed E-state index contributed by atoms with van der Waals surface area (Å²) in [6.45, 7) is 4.55. The first-order chi connectivity index (χ1) is 15.1. The van der Waals surface area contributed by atoms with Crippen molar-refractivity contribution >= 4 is 0 Å². The van der Waals surface area contributed by atoms with Crippen LogP contribution in [0.1, 0.15) is 66.3 Å². The standard InChI is InChI=1S/C18H25.C13H9.2ClH.Zr/c1-12-3-13(2)17(4-12)11-18-8-14-5-15(9-18)7-16(6-14)10-18;1-3-7-12-10(5-1)9-11-6-2-4-8-13(11)12;;;/h3-4,14-16H,5-11H2,1-2H3;1-5,7-8H,9H2;2*1H;/q2*-1;;;+4/p-2. The second kappa shape index (κ2) is 11.1. The fourth-order valence-electron chi connectivity index (χ4n) is 7.96. The molecule has 0 nitrogen and oxygen atoms in total. The number of fused-ring (bicyclic) bond motifs is 3. The Morgan fingerprint density at radius 1 is 0.882 bits per heavy atom. The van der Waals surface area contributed by atoms with Gasteiger partial charge in [-0.15, -0.1) is 5.56 Å². The van der Waals surface area contributed by atoms with E-state index in [1.54, 1.807) is 49.7 Å². The summed E-state index contributed by atoms with van der Waals surface area (Å²) in [5.41, 5.74) is 10.9. The van der Waals surface area contributed by atoms with Crippen LogP contribution in [0.2, 0.25) is 0 Å². The van der Waals surface area contributed by atoms with Crippen molar-refractivity contribution in [1.29, 1.82) is 0 Å². The van der Waals surface area contributed by atoms with Gasteiger partial charge in [0.25, 0.3) is 0 Å². The van der Waals surface area contributed by atoms with Crippen LogP contribution in [0.3, 0.4) is 0 Å².